The number of nitrogens with zero attached hydrogens (tertiary/aromatic N) is 1. The Morgan fingerprint density at radius 2 is 2.00 bits per heavy atom. The van der Waals surface area contributed by atoms with E-state index in [1.807, 2.05) is 4.90 Å². The molecule has 2 N–H and O–H groups in total. The zero-order valence-corrected chi connectivity index (χ0v) is 14.4. The Morgan fingerprint density at radius 1 is 1.25 bits per heavy atom. The van der Waals surface area contributed by atoms with Crippen LogP contribution in [0.15, 0.2) is 24.3 Å². The Hall–Kier alpha value is -1.66. The fraction of sp³-hybridized carbons (Fsp3) is 0.529. The number of likely N-dealkylation sites (tertiary alicyclic amines) is 1. The maximum Gasteiger partial charge on any atom is 0.303 e. The van der Waals surface area contributed by atoms with Gasteiger partial charge in [-0.1, -0.05) is 18.2 Å². The molecule has 1 aromatic carbocycles. The van der Waals surface area contributed by atoms with Crippen LogP contribution in [0, 0.1) is 11.7 Å². The van der Waals surface area contributed by atoms with E-state index >= 15 is 0 Å². The summed E-state index contributed by atoms with van der Waals surface area (Å²) in [5.41, 5.74) is 0.471. The van der Waals surface area contributed by atoms with Gasteiger partial charge in [0.15, 0.2) is 0 Å². The number of rotatable bonds is 6. The maximum atomic E-state index is 13.5. The van der Waals surface area contributed by atoms with Gasteiger partial charge in [-0.15, -0.1) is 12.4 Å². The standard InChI is InChI=1S/C17H23FN2O3.ClH/c18-15-6-2-1-5-14(15)11-19-16(21)12-20-8-3-4-13(7-9-20)10-17(22)23;/h1-2,5-6,13H,3-4,7-12H2,(H,19,21)(H,22,23);1H. The van der Waals surface area contributed by atoms with Gasteiger partial charge in [-0.3, -0.25) is 14.5 Å². The van der Waals surface area contributed by atoms with Gasteiger partial charge in [0, 0.05) is 18.5 Å². The Bertz CT molecular complexity index is 556. The molecule has 0 radical (unpaired) electrons. The van der Waals surface area contributed by atoms with Gasteiger partial charge in [0.2, 0.25) is 5.91 Å². The lowest BCUT2D eigenvalue weighted by Crippen LogP contribution is -2.37. The smallest absolute Gasteiger partial charge is 0.303 e. The molecular weight excluding hydrogens is 335 g/mol. The molecule has 2 rings (SSSR count). The predicted molar refractivity (Wildman–Crippen MR) is 91.5 cm³/mol. The highest BCUT2D eigenvalue weighted by atomic mass is 35.5. The Kier molecular flexibility index (Phi) is 8.71. The van der Waals surface area contributed by atoms with Gasteiger partial charge in [-0.25, -0.2) is 4.39 Å². The number of aliphatic carboxylic acids is 1. The molecule has 1 unspecified atom stereocenters. The predicted octanol–water partition coefficient (Wildman–Crippen LogP) is 2.44. The number of amides is 1. The average Bonchev–Trinajstić information content (AvgIpc) is 2.71. The molecule has 0 aliphatic carbocycles. The van der Waals surface area contributed by atoms with E-state index in [1.165, 1.54) is 6.07 Å². The van der Waals surface area contributed by atoms with Gasteiger partial charge in [0.05, 0.1) is 6.54 Å². The van der Waals surface area contributed by atoms with Crippen LogP contribution in [-0.4, -0.2) is 41.5 Å². The molecule has 7 heteroatoms. The van der Waals surface area contributed by atoms with Crippen molar-refractivity contribution < 1.29 is 19.1 Å². The highest BCUT2D eigenvalue weighted by Crippen LogP contribution is 2.20. The van der Waals surface area contributed by atoms with Crippen molar-refractivity contribution in [2.24, 2.45) is 5.92 Å². The highest BCUT2D eigenvalue weighted by Gasteiger charge is 2.20. The quantitative estimate of drug-likeness (QED) is 0.819. The fourth-order valence-corrected chi connectivity index (χ4v) is 2.93. The number of halogens is 2. The lowest BCUT2D eigenvalue weighted by atomic mass is 9.97. The van der Waals surface area contributed by atoms with Crippen molar-refractivity contribution in [2.75, 3.05) is 19.6 Å². The van der Waals surface area contributed by atoms with Crippen molar-refractivity contribution in [1.29, 1.82) is 0 Å². The first-order valence-corrected chi connectivity index (χ1v) is 7.99. The monoisotopic (exact) mass is 358 g/mol. The number of nitrogens with one attached hydrogen (secondary N) is 1. The minimum atomic E-state index is -0.758. The molecule has 1 aromatic rings. The molecule has 1 amide bonds. The van der Waals surface area contributed by atoms with Crippen molar-refractivity contribution >= 4 is 24.3 Å². The minimum absolute atomic E-state index is 0. The van der Waals surface area contributed by atoms with Gasteiger partial charge in [-0.2, -0.15) is 0 Å². The molecule has 1 aliphatic heterocycles. The van der Waals surface area contributed by atoms with Crippen LogP contribution in [0.1, 0.15) is 31.2 Å². The zero-order chi connectivity index (χ0) is 16.7. The minimum Gasteiger partial charge on any atom is -0.481 e. The van der Waals surface area contributed by atoms with Crippen LogP contribution in [-0.2, 0) is 16.1 Å². The van der Waals surface area contributed by atoms with Crippen LogP contribution in [0.3, 0.4) is 0 Å². The van der Waals surface area contributed by atoms with E-state index in [0.29, 0.717) is 5.56 Å². The van der Waals surface area contributed by atoms with Crippen LogP contribution in [0.2, 0.25) is 0 Å². The largest absolute Gasteiger partial charge is 0.481 e. The first kappa shape index (κ1) is 20.4. The van der Waals surface area contributed by atoms with Gasteiger partial charge in [0.1, 0.15) is 5.82 Å². The van der Waals surface area contributed by atoms with E-state index in [0.717, 1.165) is 32.4 Å². The number of carbonyl (C=O) groups is 2. The first-order chi connectivity index (χ1) is 11.0. The van der Waals surface area contributed by atoms with Crippen molar-refractivity contribution in [3.8, 4) is 0 Å². The molecule has 5 nitrogen and oxygen atoms in total. The molecule has 1 fully saturated rings. The molecule has 134 valence electrons. The van der Waals surface area contributed by atoms with Crippen molar-refractivity contribution in [3.63, 3.8) is 0 Å². The third-order valence-corrected chi connectivity index (χ3v) is 4.20. The summed E-state index contributed by atoms with van der Waals surface area (Å²) in [6.45, 7) is 1.98. The second-order valence-corrected chi connectivity index (χ2v) is 6.04. The molecule has 24 heavy (non-hydrogen) atoms. The highest BCUT2D eigenvalue weighted by molar-refractivity contribution is 5.85. The summed E-state index contributed by atoms with van der Waals surface area (Å²) in [4.78, 5) is 24.8. The zero-order valence-electron chi connectivity index (χ0n) is 13.5. The van der Waals surface area contributed by atoms with Gasteiger partial charge >= 0.3 is 5.97 Å². The van der Waals surface area contributed by atoms with E-state index in [-0.39, 0.29) is 49.6 Å². The number of carboxylic acid groups (broad SMARTS) is 1. The molecule has 0 bridgehead atoms. The lowest BCUT2D eigenvalue weighted by molar-refractivity contribution is -0.138. The fourth-order valence-electron chi connectivity index (χ4n) is 2.93. The Labute approximate surface area is 147 Å². The van der Waals surface area contributed by atoms with Crippen molar-refractivity contribution in [3.05, 3.63) is 35.6 Å². The molecule has 0 saturated carbocycles. The van der Waals surface area contributed by atoms with E-state index in [9.17, 15) is 14.0 Å². The van der Waals surface area contributed by atoms with E-state index in [4.69, 9.17) is 5.11 Å². The third-order valence-electron chi connectivity index (χ3n) is 4.20. The van der Waals surface area contributed by atoms with Crippen LogP contribution in [0.4, 0.5) is 4.39 Å². The molecule has 1 heterocycles. The van der Waals surface area contributed by atoms with E-state index in [1.54, 1.807) is 18.2 Å². The van der Waals surface area contributed by atoms with Crippen molar-refractivity contribution in [2.45, 2.75) is 32.2 Å². The normalized spacial score (nSPS) is 18.3. The van der Waals surface area contributed by atoms with Crippen LogP contribution in [0.25, 0.3) is 0 Å². The Balaban J connectivity index is 0.00000288. The van der Waals surface area contributed by atoms with Gasteiger partial charge < -0.3 is 10.4 Å². The summed E-state index contributed by atoms with van der Waals surface area (Å²) < 4.78 is 13.5. The molecule has 1 atom stereocenters. The van der Waals surface area contributed by atoms with E-state index in [2.05, 4.69) is 5.32 Å². The summed E-state index contributed by atoms with van der Waals surface area (Å²) in [5, 5.41) is 11.6. The Morgan fingerprint density at radius 3 is 2.71 bits per heavy atom. The summed E-state index contributed by atoms with van der Waals surface area (Å²) in [6.07, 6.45) is 2.79. The summed E-state index contributed by atoms with van der Waals surface area (Å²) in [5.74, 6) is -1.02. The number of hydrogen-bond donors (Lipinski definition) is 2. The van der Waals surface area contributed by atoms with Gasteiger partial charge in [0.25, 0.3) is 0 Å². The lowest BCUT2D eigenvalue weighted by Gasteiger charge is -2.19. The van der Waals surface area contributed by atoms with E-state index < -0.39 is 5.97 Å². The number of carboxylic acids is 1. The molecule has 0 aromatic heterocycles. The van der Waals surface area contributed by atoms with Crippen LogP contribution < -0.4 is 5.32 Å². The number of carbonyl (C=O) groups excluding carboxylic acids is 1. The second-order valence-electron chi connectivity index (χ2n) is 6.04. The molecular formula is C17H24ClFN2O3. The molecule has 0 spiro atoms. The SMILES string of the molecule is Cl.O=C(O)CC1CCCN(CC(=O)NCc2ccccc2F)CC1. The van der Waals surface area contributed by atoms with Crippen LogP contribution >= 0.6 is 12.4 Å². The first-order valence-electron chi connectivity index (χ1n) is 7.99. The topological polar surface area (TPSA) is 69.6 Å². The molecule has 1 aliphatic rings. The average molecular weight is 359 g/mol. The summed E-state index contributed by atoms with van der Waals surface area (Å²) in [7, 11) is 0. The second kappa shape index (κ2) is 10.3. The number of hydrogen-bond acceptors (Lipinski definition) is 3. The number of benzene rings is 1. The maximum absolute atomic E-state index is 13.5. The van der Waals surface area contributed by atoms with Gasteiger partial charge in [-0.05, 0) is 44.3 Å². The van der Waals surface area contributed by atoms with Crippen molar-refractivity contribution in [1.82, 2.24) is 10.2 Å². The van der Waals surface area contributed by atoms with Crippen LogP contribution in [0.5, 0.6) is 0 Å². The summed E-state index contributed by atoms with van der Waals surface area (Å²) in [6, 6.07) is 6.38. The third kappa shape index (κ3) is 6.84. The molecule has 1 saturated heterocycles. The summed E-state index contributed by atoms with van der Waals surface area (Å²) >= 11 is 0.